The van der Waals surface area contributed by atoms with Crippen LogP contribution in [0.2, 0.25) is 5.02 Å². The number of amides is 2. The van der Waals surface area contributed by atoms with Crippen molar-refractivity contribution in [3.05, 3.63) is 52.3 Å². The van der Waals surface area contributed by atoms with Crippen molar-refractivity contribution in [2.75, 3.05) is 0 Å². The molecule has 1 atom stereocenters. The van der Waals surface area contributed by atoms with Gasteiger partial charge >= 0.3 is 11.8 Å². The summed E-state index contributed by atoms with van der Waals surface area (Å²) in [6.45, 7) is 7.66. The van der Waals surface area contributed by atoms with Gasteiger partial charge in [0.05, 0.1) is 16.9 Å². The van der Waals surface area contributed by atoms with E-state index in [9.17, 15) is 9.59 Å². The van der Waals surface area contributed by atoms with Crippen molar-refractivity contribution in [3.8, 4) is 5.69 Å². The van der Waals surface area contributed by atoms with Gasteiger partial charge in [0.15, 0.2) is 0 Å². The summed E-state index contributed by atoms with van der Waals surface area (Å²) in [5.41, 5.74) is 5.86. The Bertz CT molecular complexity index is 842. The lowest BCUT2D eigenvalue weighted by Gasteiger charge is -2.11. The summed E-state index contributed by atoms with van der Waals surface area (Å²) in [6, 6.07) is 9.44. The molecule has 0 fully saturated rings. The second kappa shape index (κ2) is 8.67. The van der Waals surface area contributed by atoms with E-state index in [1.807, 2.05) is 62.6 Å². The number of nitrogens with zero attached hydrogens (tertiary/aromatic N) is 2. The number of benzene rings is 1. The van der Waals surface area contributed by atoms with E-state index in [1.54, 1.807) is 0 Å². The molecule has 7 heteroatoms. The number of aromatic nitrogens is 1. The molecule has 1 aromatic carbocycles. The molecule has 0 saturated carbocycles. The van der Waals surface area contributed by atoms with Crippen LogP contribution in [0, 0.1) is 13.8 Å². The van der Waals surface area contributed by atoms with Gasteiger partial charge < -0.3 is 9.88 Å². The average Bonchev–Trinajstić information content (AvgIpc) is 2.89. The van der Waals surface area contributed by atoms with Crippen LogP contribution in [0.4, 0.5) is 0 Å². The lowest BCUT2D eigenvalue weighted by molar-refractivity contribution is -0.139. The maximum atomic E-state index is 11.7. The molecular weight excluding hydrogens is 352 g/mol. The van der Waals surface area contributed by atoms with Crippen LogP contribution in [0.5, 0.6) is 0 Å². The van der Waals surface area contributed by atoms with Gasteiger partial charge in [0, 0.05) is 23.0 Å². The van der Waals surface area contributed by atoms with E-state index < -0.39 is 11.8 Å². The van der Waals surface area contributed by atoms with E-state index in [0.29, 0.717) is 5.02 Å². The molecule has 0 saturated heterocycles. The number of hydrogen-bond acceptors (Lipinski definition) is 3. The van der Waals surface area contributed by atoms with Gasteiger partial charge in [-0.3, -0.25) is 9.59 Å². The van der Waals surface area contributed by atoms with Crippen LogP contribution in [0.15, 0.2) is 35.4 Å². The second-order valence-electron chi connectivity index (χ2n) is 6.10. The molecule has 0 unspecified atom stereocenters. The van der Waals surface area contributed by atoms with Gasteiger partial charge in [-0.25, -0.2) is 5.43 Å². The van der Waals surface area contributed by atoms with Crippen molar-refractivity contribution < 1.29 is 9.59 Å². The van der Waals surface area contributed by atoms with Crippen molar-refractivity contribution in [1.29, 1.82) is 0 Å². The zero-order valence-corrected chi connectivity index (χ0v) is 16.1. The summed E-state index contributed by atoms with van der Waals surface area (Å²) >= 11 is 6.29. The summed E-state index contributed by atoms with van der Waals surface area (Å²) in [6.07, 6.45) is 2.26. The summed E-state index contributed by atoms with van der Waals surface area (Å²) in [4.78, 5) is 23.4. The minimum absolute atomic E-state index is 0.0632. The summed E-state index contributed by atoms with van der Waals surface area (Å²) in [5, 5.41) is 7.13. The number of rotatable bonds is 5. The molecule has 6 nitrogen and oxygen atoms in total. The summed E-state index contributed by atoms with van der Waals surface area (Å²) in [7, 11) is 0. The van der Waals surface area contributed by atoms with E-state index in [0.717, 1.165) is 29.1 Å². The molecule has 2 amide bonds. The zero-order chi connectivity index (χ0) is 19.3. The number of hydrazone groups is 1. The first-order valence-electron chi connectivity index (χ1n) is 8.42. The molecule has 1 heterocycles. The first kappa shape index (κ1) is 19.7. The summed E-state index contributed by atoms with van der Waals surface area (Å²) in [5.74, 6) is -1.49. The quantitative estimate of drug-likeness (QED) is 0.479. The van der Waals surface area contributed by atoms with Crippen molar-refractivity contribution in [3.63, 3.8) is 0 Å². The Hall–Kier alpha value is -2.60. The van der Waals surface area contributed by atoms with Crippen LogP contribution >= 0.6 is 11.6 Å². The topological polar surface area (TPSA) is 75.5 Å². The Morgan fingerprint density at radius 3 is 2.62 bits per heavy atom. The Morgan fingerprint density at radius 1 is 1.27 bits per heavy atom. The maximum Gasteiger partial charge on any atom is 0.329 e. The fraction of sp³-hybridized carbons (Fsp3) is 0.316. The van der Waals surface area contributed by atoms with Gasteiger partial charge in [-0.15, -0.1) is 0 Å². The van der Waals surface area contributed by atoms with Crippen LogP contribution in [0.1, 0.15) is 37.2 Å². The molecule has 2 N–H and O–H groups in total. The Morgan fingerprint density at radius 2 is 1.96 bits per heavy atom. The smallest absolute Gasteiger partial charge is 0.329 e. The van der Waals surface area contributed by atoms with Crippen LogP contribution in [-0.4, -0.2) is 28.6 Å². The van der Waals surface area contributed by atoms with Crippen molar-refractivity contribution in [2.45, 2.75) is 40.2 Å². The molecule has 1 aromatic heterocycles. The fourth-order valence-electron chi connectivity index (χ4n) is 2.52. The highest BCUT2D eigenvalue weighted by Crippen LogP contribution is 2.25. The normalized spacial score (nSPS) is 12.2. The molecule has 0 bridgehead atoms. The van der Waals surface area contributed by atoms with Crippen molar-refractivity contribution in [1.82, 2.24) is 15.3 Å². The number of hydrogen-bond donors (Lipinski definition) is 2. The largest absolute Gasteiger partial charge is 0.345 e. The minimum Gasteiger partial charge on any atom is -0.345 e. The van der Waals surface area contributed by atoms with Gasteiger partial charge in [-0.2, -0.15) is 5.10 Å². The molecule has 2 aromatic rings. The standard InChI is InChI=1S/C19H23ClN4O2/c1-5-12(2)22-18(25)19(26)23-21-11-15-10-13(3)24(14(15)4)17-9-7-6-8-16(17)20/h6-12H,5H2,1-4H3,(H,22,25)(H,23,26)/b21-11-/t12-/m0/s1. The fourth-order valence-corrected chi connectivity index (χ4v) is 2.74. The van der Waals surface area contributed by atoms with Crippen LogP contribution in [-0.2, 0) is 9.59 Å². The second-order valence-corrected chi connectivity index (χ2v) is 6.50. The maximum absolute atomic E-state index is 11.7. The number of aryl methyl sites for hydroxylation is 1. The minimum atomic E-state index is -0.790. The highest BCUT2D eigenvalue weighted by molar-refractivity contribution is 6.35. The molecule has 0 aliphatic carbocycles. The van der Waals surface area contributed by atoms with Gasteiger partial charge in [0.25, 0.3) is 0 Å². The SMILES string of the molecule is CC[C@H](C)NC(=O)C(=O)N/N=C\c1cc(C)n(-c2ccccc2Cl)c1C. The monoisotopic (exact) mass is 374 g/mol. The average molecular weight is 375 g/mol. The van der Waals surface area contributed by atoms with Crippen molar-refractivity contribution in [2.24, 2.45) is 5.10 Å². The number of para-hydroxylation sites is 1. The lowest BCUT2D eigenvalue weighted by Crippen LogP contribution is -2.41. The predicted octanol–water partition coefficient (Wildman–Crippen LogP) is 3.11. The lowest BCUT2D eigenvalue weighted by atomic mass is 10.2. The number of carbonyl (C=O) groups is 2. The third kappa shape index (κ3) is 4.52. The molecule has 0 spiro atoms. The third-order valence-corrected chi connectivity index (χ3v) is 4.45. The Kier molecular flexibility index (Phi) is 6.58. The van der Waals surface area contributed by atoms with E-state index >= 15 is 0 Å². The van der Waals surface area contributed by atoms with Gasteiger partial charge in [0.2, 0.25) is 0 Å². The van der Waals surface area contributed by atoms with Crippen LogP contribution in [0.25, 0.3) is 5.69 Å². The molecule has 2 rings (SSSR count). The van der Waals surface area contributed by atoms with Crippen LogP contribution in [0.3, 0.4) is 0 Å². The van der Waals surface area contributed by atoms with E-state index in [-0.39, 0.29) is 6.04 Å². The molecule has 0 aliphatic rings. The Labute approximate surface area is 158 Å². The number of halogens is 1. The molecule has 0 aliphatic heterocycles. The van der Waals surface area contributed by atoms with Gasteiger partial charge in [-0.05, 0) is 45.4 Å². The molecular formula is C19H23ClN4O2. The van der Waals surface area contributed by atoms with Gasteiger partial charge in [0.1, 0.15) is 0 Å². The third-order valence-electron chi connectivity index (χ3n) is 4.13. The van der Waals surface area contributed by atoms with E-state index in [4.69, 9.17) is 11.6 Å². The summed E-state index contributed by atoms with van der Waals surface area (Å²) < 4.78 is 2.02. The van der Waals surface area contributed by atoms with Crippen molar-refractivity contribution >= 4 is 29.6 Å². The predicted molar refractivity (Wildman–Crippen MR) is 104 cm³/mol. The van der Waals surface area contributed by atoms with Crippen LogP contribution < -0.4 is 10.7 Å². The first-order valence-corrected chi connectivity index (χ1v) is 8.80. The molecule has 26 heavy (non-hydrogen) atoms. The van der Waals surface area contributed by atoms with E-state index in [1.165, 1.54) is 6.21 Å². The van der Waals surface area contributed by atoms with E-state index in [2.05, 4.69) is 15.8 Å². The molecule has 0 radical (unpaired) electrons. The number of carbonyl (C=O) groups excluding carboxylic acids is 2. The highest BCUT2D eigenvalue weighted by Gasteiger charge is 2.15. The highest BCUT2D eigenvalue weighted by atomic mass is 35.5. The zero-order valence-electron chi connectivity index (χ0n) is 15.3. The first-order chi connectivity index (χ1) is 12.3. The Balaban J connectivity index is 2.13. The molecule has 138 valence electrons. The number of nitrogens with one attached hydrogen (secondary N) is 2. The van der Waals surface area contributed by atoms with Gasteiger partial charge in [-0.1, -0.05) is 30.7 Å².